The van der Waals surface area contributed by atoms with E-state index in [4.69, 9.17) is 9.47 Å². The Morgan fingerprint density at radius 1 is 0.843 bits per heavy atom. The van der Waals surface area contributed by atoms with Crippen molar-refractivity contribution in [3.8, 4) is 17.2 Å². The third kappa shape index (κ3) is 9.19. The largest absolute Gasteiger partial charge is 1.00 e. The summed E-state index contributed by atoms with van der Waals surface area (Å²) in [6.45, 7) is 10.5. The van der Waals surface area contributed by atoms with Crippen molar-refractivity contribution in [3.05, 3.63) is 94.3 Å². The highest BCUT2D eigenvalue weighted by Crippen LogP contribution is 2.34. The van der Waals surface area contributed by atoms with Gasteiger partial charge in [-0.3, -0.25) is 9.59 Å². The van der Waals surface area contributed by atoms with E-state index in [0.29, 0.717) is 41.3 Å². The summed E-state index contributed by atoms with van der Waals surface area (Å²) in [5.74, 6) is 0.0325. The first-order valence-corrected chi connectivity index (χ1v) is 18.5. The molecule has 0 unspecified atom stereocenters. The fraction of sp³-hybridized carbons (Fsp3) is 0.463. The summed E-state index contributed by atoms with van der Waals surface area (Å²) in [4.78, 5) is 29.0. The first-order chi connectivity index (χ1) is 24.3. The summed E-state index contributed by atoms with van der Waals surface area (Å²) in [5.41, 5.74) is 0.711. The average Bonchev–Trinajstić information content (AvgIpc) is 3.12. The number of carbonyl (C=O) groups is 1. The minimum Gasteiger partial charge on any atom is -1.00 e. The molecule has 7 nitrogen and oxygen atoms in total. The number of aromatic nitrogens is 1. The van der Waals surface area contributed by atoms with Gasteiger partial charge in [0.15, 0.2) is 0 Å². The summed E-state index contributed by atoms with van der Waals surface area (Å²) in [6.07, 6.45) is 12.5. The maximum absolute atomic E-state index is 14.1. The fourth-order valence-electron chi connectivity index (χ4n) is 7.73. The van der Waals surface area contributed by atoms with Crippen LogP contribution in [0.1, 0.15) is 82.0 Å². The van der Waals surface area contributed by atoms with Crippen LogP contribution in [0.25, 0.3) is 16.6 Å². The minimum atomic E-state index is -0.807. The first kappa shape index (κ1) is 38.5. The van der Waals surface area contributed by atoms with Gasteiger partial charge in [0.25, 0.3) is 5.91 Å². The van der Waals surface area contributed by atoms with Gasteiger partial charge in [-0.2, -0.15) is 0 Å². The third-order valence-corrected chi connectivity index (χ3v) is 10.6. The average molecular weight is 767 g/mol. The maximum atomic E-state index is 14.1. The number of rotatable bonds is 16. The van der Waals surface area contributed by atoms with Gasteiger partial charge in [-0.1, -0.05) is 25.8 Å². The predicted molar refractivity (Wildman–Crippen MR) is 195 cm³/mol. The van der Waals surface area contributed by atoms with E-state index in [9.17, 15) is 18.4 Å². The molecule has 51 heavy (non-hydrogen) atoms. The number of amides is 1. The van der Waals surface area contributed by atoms with Crippen LogP contribution in [0.15, 0.2) is 71.7 Å². The number of quaternary nitrogens is 1. The highest BCUT2D eigenvalue weighted by molar-refractivity contribution is 6.07. The van der Waals surface area contributed by atoms with Crippen molar-refractivity contribution >= 4 is 22.5 Å². The Bertz CT molecular complexity index is 1820. The van der Waals surface area contributed by atoms with Gasteiger partial charge < -0.3 is 40.4 Å². The van der Waals surface area contributed by atoms with Crippen molar-refractivity contribution in [1.29, 1.82) is 0 Å². The molecule has 0 radical (unpaired) electrons. The number of carbonyl (C=O) groups excluding carboxylic acids is 1. The summed E-state index contributed by atoms with van der Waals surface area (Å²) in [7, 11) is 0. The van der Waals surface area contributed by atoms with E-state index in [1.54, 1.807) is 23.6 Å². The third-order valence-electron chi connectivity index (χ3n) is 10.6. The van der Waals surface area contributed by atoms with E-state index in [0.717, 1.165) is 43.4 Å². The molecule has 3 aromatic carbocycles. The zero-order valence-corrected chi connectivity index (χ0v) is 31.4. The molecule has 3 aliphatic rings. The van der Waals surface area contributed by atoms with Gasteiger partial charge in [0, 0.05) is 47.7 Å². The van der Waals surface area contributed by atoms with Crippen LogP contribution in [0.5, 0.6) is 11.5 Å². The Morgan fingerprint density at radius 2 is 1.51 bits per heavy atom. The molecule has 1 aromatic heterocycles. The molecule has 3 saturated heterocycles. The fourth-order valence-corrected chi connectivity index (χ4v) is 7.73. The van der Waals surface area contributed by atoms with E-state index in [1.807, 2.05) is 37.3 Å². The van der Waals surface area contributed by atoms with Crippen molar-refractivity contribution in [3.63, 3.8) is 0 Å². The van der Waals surface area contributed by atoms with Gasteiger partial charge in [0.05, 0.1) is 44.9 Å². The van der Waals surface area contributed by atoms with Crippen LogP contribution in [-0.4, -0.2) is 60.9 Å². The Labute approximate surface area is 310 Å². The zero-order valence-electron chi connectivity index (χ0n) is 29.9. The van der Waals surface area contributed by atoms with Gasteiger partial charge in [-0.15, -0.1) is 0 Å². The standard InChI is InChI=1S/C41H50F2N3O4.BrH/c1-3-22-49-35-12-10-11-33(27-35)45-29-38(41(48)44(4-2)34-25-31(42)24-32(43)26-34)40(47)37-14-13-36(28-39(37)45)50-23-9-7-5-6-8-18-46-19-15-30(16-20-46)17-21-46;/h10-14,24-30H,3-9,15-23H2,1-2H3;1H/q+1;/p-1. The van der Waals surface area contributed by atoms with Crippen molar-refractivity contribution in [2.75, 3.05) is 50.8 Å². The smallest absolute Gasteiger partial charge is 0.263 e. The van der Waals surface area contributed by atoms with E-state index in [2.05, 4.69) is 0 Å². The summed E-state index contributed by atoms with van der Waals surface area (Å²) < 4.78 is 43.5. The molecule has 1 amide bonds. The van der Waals surface area contributed by atoms with Gasteiger partial charge in [0.1, 0.15) is 28.7 Å². The lowest BCUT2D eigenvalue weighted by molar-refractivity contribution is -0.942. The maximum Gasteiger partial charge on any atom is 0.263 e. The lowest BCUT2D eigenvalue weighted by atomic mass is 9.85. The Balaban J connectivity index is 0.00000504. The van der Waals surface area contributed by atoms with Crippen molar-refractivity contribution < 1.29 is 44.5 Å². The second-order valence-corrected chi connectivity index (χ2v) is 14.0. The molecule has 3 fully saturated rings. The van der Waals surface area contributed by atoms with Crippen molar-refractivity contribution in [2.45, 2.75) is 71.6 Å². The molecule has 0 atom stereocenters. The molecular weight excluding hydrogens is 716 g/mol. The number of unbranched alkanes of at least 4 members (excludes halogenated alkanes) is 4. The SMILES string of the molecule is CCCOc1cccc(-n2cc(C(=O)N(CC)c3cc(F)cc(F)c3)c(=O)c3ccc(OCCCCCCC[N+]45CCC(CC4)CC5)cc32)c1.[Br-]. The summed E-state index contributed by atoms with van der Waals surface area (Å²) in [6, 6.07) is 15.7. The number of benzene rings is 3. The second-order valence-electron chi connectivity index (χ2n) is 14.0. The van der Waals surface area contributed by atoms with Gasteiger partial charge in [0.2, 0.25) is 5.43 Å². The molecule has 3 aliphatic heterocycles. The number of halogens is 3. The van der Waals surface area contributed by atoms with Crippen LogP contribution in [0.2, 0.25) is 0 Å². The van der Waals surface area contributed by atoms with E-state index in [1.165, 1.54) is 80.3 Å². The normalized spacial score (nSPS) is 18.0. The quantitative estimate of drug-likeness (QED) is 0.109. The lowest BCUT2D eigenvalue weighted by Gasteiger charge is -2.49. The summed E-state index contributed by atoms with van der Waals surface area (Å²) in [5, 5.41) is 0.328. The van der Waals surface area contributed by atoms with E-state index < -0.39 is 23.0 Å². The molecule has 0 N–H and O–H groups in total. The zero-order chi connectivity index (χ0) is 35.1. The molecule has 10 heteroatoms. The minimum absolute atomic E-state index is 0. The van der Waals surface area contributed by atoms with Crippen LogP contribution >= 0.6 is 0 Å². The second kappa shape index (κ2) is 17.6. The Kier molecular flexibility index (Phi) is 13.3. The molecule has 7 rings (SSSR count). The number of hydrogen-bond donors (Lipinski definition) is 0. The molecular formula is C41H50BrF2N3O4. The Hall–Kier alpha value is -3.76. The monoisotopic (exact) mass is 765 g/mol. The number of nitrogens with zero attached hydrogens (tertiary/aromatic N) is 3. The van der Waals surface area contributed by atoms with Crippen LogP contribution < -0.4 is 36.8 Å². The Morgan fingerprint density at radius 3 is 2.22 bits per heavy atom. The molecule has 0 saturated carbocycles. The topological polar surface area (TPSA) is 60.8 Å². The molecule has 4 heterocycles. The van der Waals surface area contributed by atoms with E-state index >= 15 is 0 Å². The number of fused-ring (bicyclic) bond motifs is 4. The molecule has 0 aliphatic carbocycles. The predicted octanol–water partition coefficient (Wildman–Crippen LogP) is 5.69. The highest BCUT2D eigenvalue weighted by Gasteiger charge is 2.38. The van der Waals surface area contributed by atoms with Gasteiger partial charge >= 0.3 is 0 Å². The van der Waals surface area contributed by atoms with Crippen LogP contribution in [0, 0.1) is 17.6 Å². The molecule has 4 aromatic rings. The first-order valence-electron chi connectivity index (χ1n) is 18.5. The van der Waals surface area contributed by atoms with Crippen molar-refractivity contribution in [2.24, 2.45) is 5.92 Å². The number of piperidine rings is 3. The number of hydrogen-bond acceptors (Lipinski definition) is 4. The molecule has 274 valence electrons. The highest BCUT2D eigenvalue weighted by atomic mass is 79.9. The van der Waals surface area contributed by atoms with Crippen LogP contribution in [0.3, 0.4) is 0 Å². The number of anilines is 1. The molecule has 0 spiro atoms. The number of ether oxygens (including phenoxy) is 2. The lowest BCUT2D eigenvalue weighted by Crippen LogP contribution is -3.00. The van der Waals surface area contributed by atoms with Crippen LogP contribution in [0.4, 0.5) is 14.5 Å². The summed E-state index contributed by atoms with van der Waals surface area (Å²) >= 11 is 0. The molecule has 2 bridgehead atoms. The van der Waals surface area contributed by atoms with Gasteiger partial charge in [-0.25, -0.2) is 8.78 Å². The van der Waals surface area contributed by atoms with Crippen LogP contribution in [-0.2, 0) is 0 Å². The van der Waals surface area contributed by atoms with Gasteiger partial charge in [-0.05, 0) is 94.2 Å². The van der Waals surface area contributed by atoms with Crippen molar-refractivity contribution in [1.82, 2.24) is 4.57 Å². The number of pyridine rings is 1. The van der Waals surface area contributed by atoms with E-state index in [-0.39, 0.29) is 34.8 Å².